The zero-order chi connectivity index (χ0) is 14.4. The molecule has 0 aliphatic carbocycles. The Hall–Kier alpha value is -2.11. The van der Waals surface area contributed by atoms with Crippen molar-refractivity contribution in [2.45, 2.75) is 26.2 Å². The Bertz CT molecular complexity index is 489. The first-order valence-electron chi connectivity index (χ1n) is 6.04. The number of carbonyl (C=O) groups excluding carboxylic acids is 2. The molecule has 0 heterocycles. The van der Waals surface area contributed by atoms with E-state index in [1.807, 2.05) is 0 Å². The second-order valence-corrected chi connectivity index (χ2v) is 4.38. The molecule has 1 aromatic rings. The third-order valence-corrected chi connectivity index (χ3v) is 2.66. The number of aryl methyl sites for hydroxylation is 1. The summed E-state index contributed by atoms with van der Waals surface area (Å²) in [6.45, 7) is 1.91. The number of halogens is 1. The van der Waals surface area contributed by atoms with Crippen LogP contribution in [0.4, 0.5) is 10.1 Å². The Morgan fingerprint density at radius 1 is 1.32 bits per heavy atom. The van der Waals surface area contributed by atoms with Gasteiger partial charge in [-0.15, -0.1) is 0 Å². The molecule has 0 aliphatic heterocycles. The summed E-state index contributed by atoms with van der Waals surface area (Å²) in [4.78, 5) is 22.3. The topological polar surface area (TPSA) is 98.2 Å². The number of carbonyl (C=O) groups is 2. The zero-order valence-corrected chi connectivity index (χ0v) is 10.8. The molecule has 6 heteroatoms. The lowest BCUT2D eigenvalue weighted by Gasteiger charge is -2.08. The van der Waals surface area contributed by atoms with E-state index in [9.17, 15) is 14.0 Å². The van der Waals surface area contributed by atoms with Crippen molar-refractivity contribution >= 4 is 17.5 Å². The van der Waals surface area contributed by atoms with Gasteiger partial charge in [-0.05, 0) is 37.5 Å². The summed E-state index contributed by atoms with van der Waals surface area (Å²) in [7, 11) is 0. The Morgan fingerprint density at radius 3 is 2.63 bits per heavy atom. The fourth-order valence-electron chi connectivity index (χ4n) is 1.68. The highest BCUT2D eigenvalue weighted by Crippen LogP contribution is 2.16. The molecule has 0 atom stereocenters. The fraction of sp³-hybridized carbons (Fsp3) is 0.385. The predicted molar refractivity (Wildman–Crippen MR) is 70.9 cm³/mol. The normalized spacial score (nSPS) is 10.2. The Labute approximate surface area is 111 Å². The van der Waals surface area contributed by atoms with Gasteiger partial charge >= 0.3 is 0 Å². The van der Waals surface area contributed by atoms with Gasteiger partial charge in [0.1, 0.15) is 5.82 Å². The van der Waals surface area contributed by atoms with Crippen LogP contribution in [0.2, 0.25) is 0 Å². The number of unbranched alkanes of at least 4 members (excludes halogenated alkanes) is 1. The van der Waals surface area contributed by atoms with Crippen molar-refractivity contribution in [3.8, 4) is 0 Å². The van der Waals surface area contributed by atoms with Crippen LogP contribution in [-0.2, 0) is 4.79 Å². The number of hydrogen-bond donors (Lipinski definition) is 3. The van der Waals surface area contributed by atoms with Gasteiger partial charge in [-0.25, -0.2) is 4.39 Å². The van der Waals surface area contributed by atoms with Crippen LogP contribution in [0.25, 0.3) is 0 Å². The molecule has 0 unspecified atom stereocenters. The SMILES string of the molecule is Cc1cc(N)cc(C(=O)NCCCCC(N)=O)c1F. The smallest absolute Gasteiger partial charge is 0.254 e. The molecule has 0 fully saturated rings. The predicted octanol–water partition coefficient (Wildman–Crippen LogP) is 1.10. The average molecular weight is 267 g/mol. The Morgan fingerprint density at radius 2 is 2.00 bits per heavy atom. The number of anilines is 1. The maximum absolute atomic E-state index is 13.7. The number of benzene rings is 1. The van der Waals surface area contributed by atoms with Crippen molar-refractivity contribution in [3.05, 3.63) is 29.1 Å². The number of rotatable bonds is 6. The highest BCUT2D eigenvalue weighted by Gasteiger charge is 2.14. The highest BCUT2D eigenvalue weighted by molar-refractivity contribution is 5.95. The van der Waals surface area contributed by atoms with Crippen LogP contribution in [0, 0.1) is 12.7 Å². The van der Waals surface area contributed by atoms with E-state index in [4.69, 9.17) is 11.5 Å². The van der Waals surface area contributed by atoms with Gasteiger partial charge in [0, 0.05) is 18.7 Å². The molecule has 19 heavy (non-hydrogen) atoms. The van der Waals surface area contributed by atoms with Crippen LogP contribution in [0.5, 0.6) is 0 Å². The van der Waals surface area contributed by atoms with Crippen LogP contribution in [0.1, 0.15) is 35.2 Å². The molecule has 0 saturated heterocycles. The first kappa shape index (κ1) is 14.9. The van der Waals surface area contributed by atoms with E-state index in [-0.39, 0.29) is 17.9 Å². The van der Waals surface area contributed by atoms with Gasteiger partial charge in [0.25, 0.3) is 5.91 Å². The minimum Gasteiger partial charge on any atom is -0.399 e. The van der Waals surface area contributed by atoms with Crippen LogP contribution in [-0.4, -0.2) is 18.4 Å². The second kappa shape index (κ2) is 6.72. The van der Waals surface area contributed by atoms with Crippen LogP contribution in [0.15, 0.2) is 12.1 Å². The number of nitrogens with one attached hydrogen (secondary N) is 1. The van der Waals surface area contributed by atoms with E-state index in [0.29, 0.717) is 30.6 Å². The number of nitrogens with two attached hydrogens (primary N) is 2. The van der Waals surface area contributed by atoms with Crippen LogP contribution < -0.4 is 16.8 Å². The highest BCUT2D eigenvalue weighted by atomic mass is 19.1. The molecule has 0 radical (unpaired) electrons. The van der Waals surface area contributed by atoms with Gasteiger partial charge in [0.05, 0.1) is 5.56 Å². The zero-order valence-electron chi connectivity index (χ0n) is 10.8. The Kier molecular flexibility index (Phi) is 5.29. The number of primary amides is 1. The molecular formula is C13H18FN3O2. The molecule has 5 nitrogen and oxygen atoms in total. The Balaban J connectivity index is 2.52. The number of nitrogen functional groups attached to an aromatic ring is 1. The summed E-state index contributed by atoms with van der Waals surface area (Å²) in [6, 6.07) is 2.78. The third-order valence-electron chi connectivity index (χ3n) is 2.66. The van der Waals surface area contributed by atoms with Gasteiger partial charge in [0.2, 0.25) is 5.91 Å². The number of hydrogen-bond acceptors (Lipinski definition) is 3. The van der Waals surface area contributed by atoms with Crippen molar-refractivity contribution in [3.63, 3.8) is 0 Å². The minimum absolute atomic E-state index is 0.0626. The molecular weight excluding hydrogens is 249 g/mol. The van der Waals surface area contributed by atoms with Crippen LogP contribution in [0.3, 0.4) is 0 Å². The summed E-state index contributed by atoms with van der Waals surface area (Å²) in [5, 5.41) is 2.58. The van der Waals surface area contributed by atoms with Crippen molar-refractivity contribution in [2.24, 2.45) is 5.73 Å². The largest absolute Gasteiger partial charge is 0.399 e. The lowest BCUT2D eigenvalue weighted by molar-refractivity contribution is -0.118. The van der Waals surface area contributed by atoms with Crippen molar-refractivity contribution < 1.29 is 14.0 Å². The first-order valence-corrected chi connectivity index (χ1v) is 6.04. The van der Waals surface area contributed by atoms with E-state index in [1.165, 1.54) is 12.1 Å². The third kappa shape index (κ3) is 4.57. The molecule has 0 saturated carbocycles. The van der Waals surface area contributed by atoms with Crippen molar-refractivity contribution in [1.29, 1.82) is 0 Å². The van der Waals surface area contributed by atoms with E-state index in [1.54, 1.807) is 6.92 Å². The summed E-state index contributed by atoms with van der Waals surface area (Å²) in [5.74, 6) is -1.44. The van der Waals surface area contributed by atoms with Gasteiger partial charge in [-0.3, -0.25) is 9.59 Å². The van der Waals surface area contributed by atoms with Gasteiger partial charge in [-0.2, -0.15) is 0 Å². The van der Waals surface area contributed by atoms with Gasteiger partial charge < -0.3 is 16.8 Å². The molecule has 104 valence electrons. The van der Waals surface area contributed by atoms with E-state index >= 15 is 0 Å². The second-order valence-electron chi connectivity index (χ2n) is 4.38. The first-order chi connectivity index (χ1) is 8.91. The van der Waals surface area contributed by atoms with Gasteiger partial charge in [0.15, 0.2) is 0 Å². The quantitative estimate of drug-likeness (QED) is 0.531. The molecule has 2 amide bonds. The monoisotopic (exact) mass is 267 g/mol. The lowest BCUT2D eigenvalue weighted by atomic mass is 10.1. The molecule has 0 bridgehead atoms. The minimum atomic E-state index is -0.566. The van der Waals surface area contributed by atoms with Gasteiger partial charge in [-0.1, -0.05) is 0 Å². The summed E-state index contributed by atoms with van der Waals surface area (Å²) in [5.41, 5.74) is 11.2. The van der Waals surface area contributed by atoms with E-state index in [0.717, 1.165) is 0 Å². The molecule has 0 aliphatic rings. The maximum atomic E-state index is 13.7. The van der Waals surface area contributed by atoms with E-state index < -0.39 is 11.7 Å². The van der Waals surface area contributed by atoms with Crippen molar-refractivity contribution in [1.82, 2.24) is 5.32 Å². The molecule has 1 rings (SSSR count). The fourth-order valence-corrected chi connectivity index (χ4v) is 1.68. The molecule has 0 spiro atoms. The summed E-state index contributed by atoms with van der Waals surface area (Å²) in [6.07, 6.45) is 1.48. The summed E-state index contributed by atoms with van der Waals surface area (Å²) >= 11 is 0. The number of amides is 2. The molecule has 1 aromatic carbocycles. The van der Waals surface area contributed by atoms with Crippen molar-refractivity contribution in [2.75, 3.05) is 12.3 Å². The van der Waals surface area contributed by atoms with Crippen LogP contribution >= 0.6 is 0 Å². The summed E-state index contributed by atoms with van der Waals surface area (Å²) < 4.78 is 13.7. The molecule has 0 aromatic heterocycles. The standard InChI is InChI=1S/C13H18FN3O2/c1-8-6-9(15)7-10(12(8)14)13(19)17-5-3-2-4-11(16)18/h6-7H,2-5,15H2,1H3,(H2,16,18)(H,17,19). The van der Waals surface area contributed by atoms with E-state index in [2.05, 4.69) is 5.32 Å². The average Bonchev–Trinajstić information content (AvgIpc) is 2.32. The molecule has 5 N–H and O–H groups in total. The lowest BCUT2D eigenvalue weighted by Crippen LogP contribution is -2.26. The maximum Gasteiger partial charge on any atom is 0.254 e.